The molecule has 0 saturated heterocycles. The molecule has 1 fully saturated rings. The molecule has 0 bridgehead atoms. The molecule has 30 heavy (non-hydrogen) atoms. The number of anilines is 2. The fraction of sp³-hybridized carbons (Fsp3) is 0.429. The SMILES string of the molecule is Cc1occc1C(=O)Nc1nc(CC(=O)Nc2cc(CC3CCCCC3)[nH]n2)cs1. The zero-order valence-corrected chi connectivity index (χ0v) is 17.7. The molecule has 8 nitrogen and oxygen atoms in total. The molecule has 3 heterocycles. The van der Waals surface area contributed by atoms with Crippen LogP contribution in [0.1, 0.15) is 59.6 Å². The van der Waals surface area contributed by atoms with Crippen molar-refractivity contribution in [3.05, 3.63) is 46.5 Å². The lowest BCUT2D eigenvalue weighted by atomic mass is 9.86. The molecule has 0 unspecified atom stereocenters. The predicted octanol–water partition coefficient (Wildman–Crippen LogP) is 4.32. The van der Waals surface area contributed by atoms with Gasteiger partial charge >= 0.3 is 0 Å². The first-order valence-electron chi connectivity index (χ1n) is 10.2. The second-order valence-corrected chi connectivity index (χ2v) is 8.56. The van der Waals surface area contributed by atoms with Crippen LogP contribution in [0.5, 0.6) is 0 Å². The van der Waals surface area contributed by atoms with Crippen molar-refractivity contribution in [2.75, 3.05) is 10.6 Å². The molecule has 1 aliphatic carbocycles. The summed E-state index contributed by atoms with van der Waals surface area (Å²) in [5.74, 6) is 1.31. The van der Waals surface area contributed by atoms with Crippen LogP contribution in [-0.4, -0.2) is 27.0 Å². The van der Waals surface area contributed by atoms with Crippen LogP contribution in [0.3, 0.4) is 0 Å². The topological polar surface area (TPSA) is 113 Å². The molecular formula is C21H25N5O3S. The number of hydrogen-bond donors (Lipinski definition) is 3. The number of rotatable bonds is 7. The van der Waals surface area contributed by atoms with Gasteiger partial charge in [-0.15, -0.1) is 11.3 Å². The largest absolute Gasteiger partial charge is 0.469 e. The fourth-order valence-electron chi connectivity index (χ4n) is 3.81. The molecule has 4 rings (SSSR count). The number of thiazole rings is 1. The summed E-state index contributed by atoms with van der Waals surface area (Å²) >= 11 is 1.28. The summed E-state index contributed by atoms with van der Waals surface area (Å²) in [7, 11) is 0. The van der Waals surface area contributed by atoms with Gasteiger partial charge in [0.15, 0.2) is 10.9 Å². The lowest BCUT2D eigenvalue weighted by Crippen LogP contribution is -2.15. The maximum Gasteiger partial charge on any atom is 0.260 e. The van der Waals surface area contributed by atoms with Crippen molar-refractivity contribution in [3.63, 3.8) is 0 Å². The number of amides is 2. The van der Waals surface area contributed by atoms with Gasteiger partial charge in [0, 0.05) is 17.1 Å². The summed E-state index contributed by atoms with van der Waals surface area (Å²) in [6.07, 6.45) is 9.05. The normalized spacial score (nSPS) is 14.6. The van der Waals surface area contributed by atoms with Gasteiger partial charge in [0.05, 0.1) is 23.9 Å². The summed E-state index contributed by atoms with van der Waals surface area (Å²) in [6.45, 7) is 1.72. The second-order valence-electron chi connectivity index (χ2n) is 7.70. The van der Waals surface area contributed by atoms with Crippen LogP contribution in [0.25, 0.3) is 0 Å². The molecule has 1 saturated carbocycles. The van der Waals surface area contributed by atoms with E-state index < -0.39 is 0 Å². The highest BCUT2D eigenvalue weighted by atomic mass is 32.1. The highest BCUT2D eigenvalue weighted by Gasteiger charge is 2.17. The van der Waals surface area contributed by atoms with Crippen molar-refractivity contribution in [1.29, 1.82) is 0 Å². The molecular weight excluding hydrogens is 402 g/mol. The van der Waals surface area contributed by atoms with E-state index in [1.807, 2.05) is 6.07 Å². The van der Waals surface area contributed by atoms with E-state index in [1.165, 1.54) is 49.7 Å². The van der Waals surface area contributed by atoms with Crippen LogP contribution in [0.4, 0.5) is 10.9 Å². The number of aryl methyl sites for hydroxylation is 1. The number of H-pyrrole nitrogens is 1. The Bertz CT molecular complexity index is 1020. The Morgan fingerprint density at radius 2 is 2.10 bits per heavy atom. The van der Waals surface area contributed by atoms with Gasteiger partial charge in [-0.3, -0.25) is 20.0 Å². The van der Waals surface area contributed by atoms with Gasteiger partial charge in [-0.1, -0.05) is 32.1 Å². The van der Waals surface area contributed by atoms with E-state index >= 15 is 0 Å². The first-order chi connectivity index (χ1) is 14.6. The fourth-order valence-corrected chi connectivity index (χ4v) is 4.52. The van der Waals surface area contributed by atoms with Crippen molar-refractivity contribution >= 4 is 34.1 Å². The summed E-state index contributed by atoms with van der Waals surface area (Å²) in [4.78, 5) is 28.9. The maximum atomic E-state index is 12.3. The Morgan fingerprint density at radius 3 is 2.87 bits per heavy atom. The Kier molecular flexibility index (Phi) is 6.27. The monoisotopic (exact) mass is 427 g/mol. The van der Waals surface area contributed by atoms with E-state index in [-0.39, 0.29) is 18.2 Å². The molecule has 3 aromatic rings. The highest BCUT2D eigenvalue weighted by Crippen LogP contribution is 2.27. The molecule has 2 amide bonds. The molecule has 0 spiro atoms. The third-order valence-electron chi connectivity index (χ3n) is 5.35. The summed E-state index contributed by atoms with van der Waals surface area (Å²) in [6, 6.07) is 3.52. The van der Waals surface area contributed by atoms with Gasteiger partial charge in [0.1, 0.15) is 5.76 Å². The Hall–Kier alpha value is -2.94. The van der Waals surface area contributed by atoms with E-state index in [4.69, 9.17) is 4.42 Å². The lowest BCUT2D eigenvalue weighted by molar-refractivity contribution is -0.115. The third kappa shape index (κ3) is 5.15. The van der Waals surface area contributed by atoms with E-state index in [9.17, 15) is 9.59 Å². The zero-order valence-electron chi connectivity index (χ0n) is 16.9. The van der Waals surface area contributed by atoms with Gasteiger partial charge in [0.25, 0.3) is 5.91 Å². The van der Waals surface area contributed by atoms with Gasteiger partial charge in [-0.2, -0.15) is 5.10 Å². The molecule has 3 aromatic heterocycles. The Balaban J connectivity index is 1.27. The summed E-state index contributed by atoms with van der Waals surface area (Å²) in [5, 5.41) is 15.0. The molecule has 1 aliphatic rings. The van der Waals surface area contributed by atoms with Crippen LogP contribution in [-0.2, 0) is 17.6 Å². The van der Waals surface area contributed by atoms with Crippen LogP contribution in [0, 0.1) is 12.8 Å². The first kappa shape index (κ1) is 20.3. The molecule has 0 atom stereocenters. The minimum Gasteiger partial charge on any atom is -0.469 e. The average Bonchev–Trinajstić information content (AvgIpc) is 3.45. The van der Waals surface area contributed by atoms with E-state index in [2.05, 4.69) is 25.8 Å². The lowest BCUT2D eigenvalue weighted by Gasteiger charge is -2.20. The number of furan rings is 1. The van der Waals surface area contributed by atoms with E-state index in [0.29, 0.717) is 33.9 Å². The molecule has 0 radical (unpaired) electrons. The minimum atomic E-state index is -0.284. The zero-order chi connectivity index (χ0) is 20.9. The van der Waals surface area contributed by atoms with Crippen molar-refractivity contribution in [1.82, 2.24) is 15.2 Å². The van der Waals surface area contributed by atoms with Crippen LogP contribution < -0.4 is 10.6 Å². The standard InChI is InChI=1S/C21H25N5O3S/c1-13-17(7-8-29-13)20(28)24-21-22-16(12-30-21)11-19(27)23-18-10-15(25-26-18)9-14-5-3-2-4-6-14/h7-8,10,12,14H,2-6,9,11H2,1H3,(H,22,24,28)(H2,23,25,26,27). The van der Waals surface area contributed by atoms with Crippen molar-refractivity contribution in [2.45, 2.75) is 51.9 Å². The van der Waals surface area contributed by atoms with E-state index in [0.717, 1.165) is 12.1 Å². The molecule has 158 valence electrons. The van der Waals surface area contributed by atoms with Gasteiger partial charge in [-0.25, -0.2) is 4.98 Å². The van der Waals surface area contributed by atoms with Gasteiger partial charge in [-0.05, 0) is 25.3 Å². The van der Waals surface area contributed by atoms with Crippen molar-refractivity contribution in [3.8, 4) is 0 Å². The van der Waals surface area contributed by atoms with Crippen LogP contribution in [0.2, 0.25) is 0 Å². The molecule has 0 aliphatic heterocycles. The average molecular weight is 428 g/mol. The molecule has 3 N–H and O–H groups in total. The highest BCUT2D eigenvalue weighted by molar-refractivity contribution is 7.14. The Labute approximate surface area is 178 Å². The van der Waals surface area contributed by atoms with Crippen molar-refractivity contribution in [2.24, 2.45) is 5.92 Å². The number of nitrogens with zero attached hydrogens (tertiary/aromatic N) is 2. The number of carbonyl (C=O) groups is 2. The number of carbonyl (C=O) groups excluding carboxylic acids is 2. The summed E-state index contributed by atoms with van der Waals surface area (Å²) in [5.41, 5.74) is 2.12. The van der Waals surface area contributed by atoms with Crippen LogP contribution in [0.15, 0.2) is 28.2 Å². The number of nitrogens with one attached hydrogen (secondary N) is 3. The minimum absolute atomic E-state index is 0.113. The predicted molar refractivity (Wildman–Crippen MR) is 115 cm³/mol. The van der Waals surface area contributed by atoms with Crippen LogP contribution >= 0.6 is 11.3 Å². The number of hydrogen-bond acceptors (Lipinski definition) is 6. The summed E-state index contributed by atoms with van der Waals surface area (Å²) < 4.78 is 5.14. The number of aromatic nitrogens is 3. The Morgan fingerprint density at radius 1 is 1.27 bits per heavy atom. The second kappa shape index (κ2) is 9.25. The quantitative estimate of drug-likeness (QED) is 0.520. The van der Waals surface area contributed by atoms with Gasteiger partial charge in [0.2, 0.25) is 5.91 Å². The van der Waals surface area contributed by atoms with E-state index in [1.54, 1.807) is 18.4 Å². The number of aromatic amines is 1. The molecule has 0 aromatic carbocycles. The first-order valence-corrected chi connectivity index (χ1v) is 11.1. The molecule has 9 heteroatoms. The third-order valence-corrected chi connectivity index (χ3v) is 6.16. The maximum absolute atomic E-state index is 12.3. The smallest absolute Gasteiger partial charge is 0.260 e. The van der Waals surface area contributed by atoms with Crippen molar-refractivity contribution < 1.29 is 14.0 Å². The van der Waals surface area contributed by atoms with Gasteiger partial charge < -0.3 is 9.73 Å².